The molecule has 1 aromatic heterocycles. The molecule has 0 saturated heterocycles. The average Bonchev–Trinajstić information content (AvgIpc) is 2.70. The molecule has 0 bridgehead atoms. The van der Waals surface area contributed by atoms with Crippen molar-refractivity contribution in [3.63, 3.8) is 0 Å². The highest BCUT2D eigenvalue weighted by atomic mass is 16.5. The number of hydrogen-bond donors (Lipinski definition) is 2. The van der Waals surface area contributed by atoms with Crippen molar-refractivity contribution in [1.29, 1.82) is 0 Å². The number of benzene rings is 2. The van der Waals surface area contributed by atoms with Crippen LogP contribution in [0.5, 0.6) is 17.2 Å². The van der Waals surface area contributed by atoms with Gasteiger partial charge in [-0.2, -0.15) is 0 Å². The van der Waals surface area contributed by atoms with E-state index in [1.54, 1.807) is 37.4 Å². The molecule has 7 heteroatoms. The molecule has 0 aliphatic heterocycles. The summed E-state index contributed by atoms with van der Waals surface area (Å²) in [4.78, 5) is 27.2. The van der Waals surface area contributed by atoms with Gasteiger partial charge in [0.05, 0.1) is 37.2 Å². The Hall–Kier alpha value is -3.48. The molecule has 0 aliphatic carbocycles. The number of carbonyl (C=O) groups excluding carboxylic acids is 1. The molecule has 0 saturated carbocycles. The number of aromatic nitrogens is 1. The number of fused-ring (bicyclic) bond motifs is 1. The number of nitrogens with one attached hydrogen (secondary N) is 2. The molecule has 0 unspecified atom stereocenters. The summed E-state index contributed by atoms with van der Waals surface area (Å²) in [6, 6.07) is 13.7. The fourth-order valence-corrected chi connectivity index (χ4v) is 2.79. The molecular formula is C20H20N2O5. The lowest BCUT2D eigenvalue weighted by molar-refractivity contribution is 0.0948. The first-order valence-electron chi connectivity index (χ1n) is 8.38. The minimum absolute atomic E-state index is 0.253. The van der Waals surface area contributed by atoms with Crippen molar-refractivity contribution in [3.05, 3.63) is 64.4 Å². The minimum atomic E-state index is -0.376. The fraction of sp³-hybridized carbons (Fsp3) is 0.200. The molecular weight excluding hydrogens is 348 g/mol. The maximum absolute atomic E-state index is 12.6. The van der Waals surface area contributed by atoms with E-state index in [-0.39, 0.29) is 30.2 Å². The third kappa shape index (κ3) is 4.03. The number of hydrogen-bond acceptors (Lipinski definition) is 5. The van der Waals surface area contributed by atoms with Gasteiger partial charge in [-0.1, -0.05) is 18.2 Å². The van der Waals surface area contributed by atoms with Gasteiger partial charge in [-0.3, -0.25) is 9.59 Å². The van der Waals surface area contributed by atoms with E-state index in [2.05, 4.69) is 10.3 Å². The van der Waals surface area contributed by atoms with E-state index in [1.165, 1.54) is 13.2 Å². The summed E-state index contributed by atoms with van der Waals surface area (Å²) in [5.74, 6) is 1.35. The Bertz CT molecular complexity index is 1010. The molecule has 1 amide bonds. The Balaban J connectivity index is 1.72. The van der Waals surface area contributed by atoms with Gasteiger partial charge in [0.25, 0.3) is 5.91 Å². The zero-order valence-corrected chi connectivity index (χ0v) is 15.1. The quantitative estimate of drug-likeness (QED) is 0.625. The Kier molecular flexibility index (Phi) is 5.61. The third-order valence-electron chi connectivity index (χ3n) is 4.01. The van der Waals surface area contributed by atoms with Crippen LogP contribution >= 0.6 is 0 Å². The molecule has 2 N–H and O–H groups in total. The molecule has 0 aliphatic rings. The lowest BCUT2D eigenvalue weighted by atomic mass is 10.1. The lowest BCUT2D eigenvalue weighted by Gasteiger charge is -2.12. The predicted octanol–water partition coefficient (Wildman–Crippen LogP) is 2.35. The van der Waals surface area contributed by atoms with Gasteiger partial charge >= 0.3 is 0 Å². The number of para-hydroxylation sites is 2. The minimum Gasteiger partial charge on any atom is -0.496 e. The summed E-state index contributed by atoms with van der Waals surface area (Å²) < 4.78 is 16.2. The van der Waals surface area contributed by atoms with Crippen molar-refractivity contribution >= 4 is 16.8 Å². The van der Waals surface area contributed by atoms with Gasteiger partial charge in [-0.25, -0.2) is 0 Å². The molecule has 7 nitrogen and oxygen atoms in total. The zero-order valence-electron chi connectivity index (χ0n) is 15.1. The van der Waals surface area contributed by atoms with Crippen LogP contribution in [-0.4, -0.2) is 38.3 Å². The number of amides is 1. The smallest absolute Gasteiger partial charge is 0.252 e. The second-order valence-corrected chi connectivity index (χ2v) is 5.69. The van der Waals surface area contributed by atoms with Gasteiger partial charge in [-0.15, -0.1) is 0 Å². The van der Waals surface area contributed by atoms with E-state index in [0.29, 0.717) is 28.2 Å². The SMILES string of the molecule is COc1ccccc1OCCNC(=O)c1cc(=O)[nH]c2cccc(OC)c12. The normalized spacial score (nSPS) is 10.4. The van der Waals surface area contributed by atoms with Crippen molar-refractivity contribution in [2.45, 2.75) is 0 Å². The molecule has 3 aromatic rings. The Morgan fingerprint density at radius 1 is 1.00 bits per heavy atom. The van der Waals surface area contributed by atoms with Gasteiger partial charge in [0, 0.05) is 6.07 Å². The number of ether oxygens (including phenoxy) is 3. The third-order valence-corrected chi connectivity index (χ3v) is 4.01. The number of pyridine rings is 1. The highest BCUT2D eigenvalue weighted by Gasteiger charge is 2.15. The van der Waals surface area contributed by atoms with Crippen molar-refractivity contribution in [1.82, 2.24) is 10.3 Å². The number of aromatic amines is 1. The van der Waals surface area contributed by atoms with Crippen LogP contribution < -0.4 is 25.1 Å². The maximum atomic E-state index is 12.6. The van der Waals surface area contributed by atoms with Crippen LogP contribution in [0, 0.1) is 0 Å². The van der Waals surface area contributed by atoms with Gasteiger partial charge in [0.2, 0.25) is 5.56 Å². The fourth-order valence-electron chi connectivity index (χ4n) is 2.79. The van der Waals surface area contributed by atoms with Crippen LogP contribution in [0.2, 0.25) is 0 Å². The van der Waals surface area contributed by atoms with Crippen molar-refractivity contribution in [3.8, 4) is 17.2 Å². The van der Waals surface area contributed by atoms with Crippen molar-refractivity contribution < 1.29 is 19.0 Å². The zero-order chi connectivity index (χ0) is 19.2. The first kappa shape index (κ1) is 18.3. The van der Waals surface area contributed by atoms with Crippen LogP contribution in [0.3, 0.4) is 0 Å². The van der Waals surface area contributed by atoms with Crippen LogP contribution in [0.4, 0.5) is 0 Å². The molecule has 0 radical (unpaired) electrons. The molecule has 140 valence electrons. The largest absolute Gasteiger partial charge is 0.496 e. The van der Waals surface area contributed by atoms with Gasteiger partial charge < -0.3 is 24.5 Å². The van der Waals surface area contributed by atoms with E-state index in [0.717, 1.165) is 0 Å². The Labute approximate surface area is 155 Å². The van der Waals surface area contributed by atoms with E-state index in [4.69, 9.17) is 14.2 Å². The highest BCUT2D eigenvalue weighted by Crippen LogP contribution is 2.27. The summed E-state index contributed by atoms with van der Waals surface area (Å²) in [6.45, 7) is 0.519. The van der Waals surface area contributed by atoms with Gasteiger partial charge in [0.15, 0.2) is 11.5 Å². The van der Waals surface area contributed by atoms with Gasteiger partial charge in [0.1, 0.15) is 12.4 Å². The second-order valence-electron chi connectivity index (χ2n) is 5.69. The van der Waals surface area contributed by atoms with Gasteiger partial charge in [-0.05, 0) is 24.3 Å². The maximum Gasteiger partial charge on any atom is 0.252 e. The van der Waals surface area contributed by atoms with Crippen molar-refractivity contribution in [2.75, 3.05) is 27.4 Å². The van der Waals surface area contributed by atoms with E-state index in [9.17, 15) is 9.59 Å². The van der Waals surface area contributed by atoms with Crippen LogP contribution in [0.1, 0.15) is 10.4 Å². The van der Waals surface area contributed by atoms with E-state index < -0.39 is 0 Å². The van der Waals surface area contributed by atoms with Crippen LogP contribution in [0.25, 0.3) is 10.9 Å². The van der Waals surface area contributed by atoms with Crippen LogP contribution in [0.15, 0.2) is 53.3 Å². The van der Waals surface area contributed by atoms with E-state index >= 15 is 0 Å². The molecule has 3 rings (SSSR count). The Morgan fingerprint density at radius 3 is 2.44 bits per heavy atom. The molecule has 27 heavy (non-hydrogen) atoms. The first-order chi connectivity index (χ1) is 13.1. The Morgan fingerprint density at radius 2 is 1.70 bits per heavy atom. The summed E-state index contributed by atoms with van der Waals surface area (Å²) in [6.07, 6.45) is 0. The number of methoxy groups -OCH3 is 2. The summed E-state index contributed by atoms with van der Waals surface area (Å²) >= 11 is 0. The summed E-state index contributed by atoms with van der Waals surface area (Å²) in [5.41, 5.74) is 0.437. The number of rotatable bonds is 7. The van der Waals surface area contributed by atoms with Crippen molar-refractivity contribution in [2.24, 2.45) is 0 Å². The second kappa shape index (κ2) is 8.27. The number of H-pyrrole nitrogens is 1. The standard InChI is InChI=1S/C20H20N2O5/c1-25-15-7-3-4-8-16(15)27-11-10-21-20(24)13-12-18(23)22-14-6-5-9-17(26-2)19(13)14/h3-9,12H,10-11H2,1-2H3,(H,21,24)(H,22,23). The van der Waals surface area contributed by atoms with Crippen LogP contribution in [-0.2, 0) is 0 Å². The molecule has 0 fully saturated rings. The molecule has 2 aromatic carbocycles. The number of carbonyl (C=O) groups is 1. The first-order valence-corrected chi connectivity index (χ1v) is 8.38. The van der Waals surface area contributed by atoms with E-state index in [1.807, 2.05) is 12.1 Å². The molecule has 0 spiro atoms. The molecule has 1 heterocycles. The lowest BCUT2D eigenvalue weighted by Crippen LogP contribution is -2.29. The topological polar surface area (TPSA) is 89.6 Å². The summed E-state index contributed by atoms with van der Waals surface area (Å²) in [7, 11) is 3.08. The predicted molar refractivity (Wildman–Crippen MR) is 102 cm³/mol. The molecule has 0 atom stereocenters. The monoisotopic (exact) mass is 368 g/mol. The average molecular weight is 368 g/mol. The highest BCUT2D eigenvalue weighted by molar-refractivity contribution is 6.08. The summed E-state index contributed by atoms with van der Waals surface area (Å²) in [5, 5.41) is 3.32.